The van der Waals surface area contributed by atoms with Crippen LogP contribution in [0.3, 0.4) is 0 Å². The van der Waals surface area contributed by atoms with E-state index in [1.807, 2.05) is 0 Å². The molecule has 2 aliphatic rings. The molecule has 0 bridgehead atoms. The molecular formula is C28H37F3N4O5. The average molecular weight is 567 g/mol. The topological polar surface area (TPSA) is 133 Å². The number of benzene rings is 1. The monoisotopic (exact) mass is 566 g/mol. The van der Waals surface area contributed by atoms with Crippen molar-refractivity contribution in [3.63, 3.8) is 0 Å². The third-order valence-electron chi connectivity index (χ3n) is 6.90. The molecule has 0 spiro atoms. The highest BCUT2D eigenvalue weighted by Gasteiger charge is 2.46. The largest absolute Gasteiger partial charge is 0.400 e. The smallest absolute Gasteiger partial charge is 0.356 e. The van der Waals surface area contributed by atoms with Gasteiger partial charge in [0.05, 0.1) is 6.04 Å². The summed E-state index contributed by atoms with van der Waals surface area (Å²) in [6, 6.07) is 4.80. The Morgan fingerprint density at radius 3 is 2.10 bits per heavy atom. The number of hydrogen-bond acceptors (Lipinski definition) is 5. The molecule has 0 radical (unpaired) electrons. The summed E-state index contributed by atoms with van der Waals surface area (Å²) < 4.78 is 41.8. The van der Waals surface area contributed by atoms with Gasteiger partial charge in [0.1, 0.15) is 12.0 Å². The number of carbonyl (C=O) groups excluding carboxylic acids is 5. The molecule has 2 fully saturated rings. The van der Waals surface area contributed by atoms with E-state index in [-0.39, 0.29) is 24.8 Å². The van der Waals surface area contributed by atoms with Crippen molar-refractivity contribution in [1.29, 1.82) is 0 Å². The summed E-state index contributed by atoms with van der Waals surface area (Å²) in [4.78, 5) is 64.1. The minimum Gasteiger partial charge on any atom is -0.356 e. The zero-order chi connectivity index (χ0) is 29.7. The Morgan fingerprint density at radius 2 is 1.57 bits per heavy atom. The highest BCUT2D eigenvalue weighted by atomic mass is 19.4. The number of alkyl halides is 3. The molecule has 0 aromatic heterocycles. The first-order chi connectivity index (χ1) is 18.6. The van der Waals surface area contributed by atoms with Crippen LogP contribution >= 0.6 is 0 Å². The van der Waals surface area contributed by atoms with Gasteiger partial charge >= 0.3 is 6.18 Å². The van der Waals surface area contributed by atoms with Gasteiger partial charge in [-0.2, -0.15) is 13.2 Å². The van der Waals surface area contributed by atoms with Crippen molar-refractivity contribution in [1.82, 2.24) is 21.3 Å². The quantitative estimate of drug-likeness (QED) is 0.288. The lowest BCUT2D eigenvalue weighted by molar-refractivity contribution is -0.183. The molecule has 40 heavy (non-hydrogen) atoms. The van der Waals surface area contributed by atoms with Crippen molar-refractivity contribution >= 4 is 29.4 Å². The molecule has 1 heterocycles. The Labute approximate surface area is 231 Å². The maximum atomic E-state index is 13.9. The normalized spacial score (nSPS) is 19.6. The second kappa shape index (κ2) is 12.8. The molecule has 3 unspecified atom stereocenters. The minimum atomic E-state index is -4.88. The number of halogens is 3. The second-order valence-corrected chi connectivity index (χ2v) is 11.8. The first-order valence-corrected chi connectivity index (χ1v) is 13.5. The van der Waals surface area contributed by atoms with E-state index in [0.717, 1.165) is 12.8 Å². The number of carbonyl (C=O) groups is 5. The van der Waals surface area contributed by atoms with E-state index in [1.54, 1.807) is 39.0 Å². The molecule has 1 aromatic carbocycles. The fourth-order valence-corrected chi connectivity index (χ4v) is 4.60. The van der Waals surface area contributed by atoms with E-state index in [2.05, 4.69) is 21.3 Å². The summed E-state index contributed by atoms with van der Waals surface area (Å²) in [6.45, 7) is 5.63. The van der Waals surface area contributed by atoms with E-state index < -0.39 is 65.4 Å². The SMILES string of the molecule is CC(C)(C)C[C@H](NC(=O)C(Cc1ccccc1)C(F)(F)F)C(=O)NC(CC1CCNC1=O)C(=O)C(=O)NC1CC1. The maximum Gasteiger partial charge on any atom is 0.400 e. The summed E-state index contributed by atoms with van der Waals surface area (Å²) in [5.74, 6) is -7.47. The van der Waals surface area contributed by atoms with Crippen LogP contribution in [0.15, 0.2) is 30.3 Å². The van der Waals surface area contributed by atoms with E-state index in [9.17, 15) is 37.1 Å². The van der Waals surface area contributed by atoms with E-state index >= 15 is 0 Å². The van der Waals surface area contributed by atoms with Gasteiger partial charge < -0.3 is 21.3 Å². The number of ketones is 1. The first kappa shape index (κ1) is 31.1. The Bertz CT molecular complexity index is 1100. The highest BCUT2D eigenvalue weighted by molar-refractivity contribution is 6.38. The molecule has 1 aliphatic heterocycles. The zero-order valence-electron chi connectivity index (χ0n) is 22.9. The number of nitrogens with one attached hydrogen (secondary N) is 4. The van der Waals surface area contributed by atoms with Crippen LogP contribution in [0.5, 0.6) is 0 Å². The van der Waals surface area contributed by atoms with Crippen molar-refractivity contribution in [2.24, 2.45) is 17.3 Å². The fraction of sp³-hybridized carbons (Fsp3) is 0.607. The van der Waals surface area contributed by atoms with Crippen LogP contribution in [0, 0.1) is 17.3 Å². The van der Waals surface area contributed by atoms with Gasteiger partial charge in [-0.1, -0.05) is 51.1 Å². The van der Waals surface area contributed by atoms with Crippen LogP contribution in [-0.4, -0.2) is 60.3 Å². The van der Waals surface area contributed by atoms with E-state index in [0.29, 0.717) is 18.5 Å². The van der Waals surface area contributed by atoms with Gasteiger partial charge in [0.25, 0.3) is 5.91 Å². The molecule has 4 N–H and O–H groups in total. The Kier molecular flexibility index (Phi) is 9.96. The number of amides is 4. The van der Waals surface area contributed by atoms with Crippen LogP contribution in [-0.2, 0) is 30.4 Å². The van der Waals surface area contributed by atoms with Gasteiger partial charge in [0, 0.05) is 18.5 Å². The van der Waals surface area contributed by atoms with Crippen LogP contribution in [0.4, 0.5) is 13.2 Å². The summed E-state index contributed by atoms with van der Waals surface area (Å²) in [6.07, 6.45) is -3.83. The summed E-state index contributed by atoms with van der Waals surface area (Å²) in [7, 11) is 0. The Morgan fingerprint density at radius 1 is 0.950 bits per heavy atom. The molecule has 12 heteroatoms. The zero-order valence-corrected chi connectivity index (χ0v) is 22.9. The number of rotatable bonds is 12. The maximum absolute atomic E-state index is 13.9. The van der Waals surface area contributed by atoms with Gasteiger partial charge in [0.15, 0.2) is 0 Å². The number of hydrogen-bond donors (Lipinski definition) is 4. The number of Topliss-reactive ketones (excluding diaryl/α,β-unsaturated/α-hetero) is 1. The van der Waals surface area contributed by atoms with Crippen molar-refractivity contribution in [3.05, 3.63) is 35.9 Å². The first-order valence-electron chi connectivity index (χ1n) is 13.5. The average Bonchev–Trinajstić information content (AvgIpc) is 3.59. The molecule has 1 saturated carbocycles. The van der Waals surface area contributed by atoms with Crippen molar-refractivity contribution in [2.45, 2.75) is 83.6 Å². The van der Waals surface area contributed by atoms with Crippen molar-refractivity contribution in [2.75, 3.05) is 6.54 Å². The summed E-state index contributed by atoms with van der Waals surface area (Å²) in [5, 5.41) is 9.93. The molecule has 1 aliphatic carbocycles. The minimum absolute atomic E-state index is 0.0421. The van der Waals surface area contributed by atoms with Crippen molar-refractivity contribution in [3.8, 4) is 0 Å². The molecule has 3 rings (SSSR count). The van der Waals surface area contributed by atoms with Gasteiger partial charge in [0.2, 0.25) is 23.5 Å². The lowest BCUT2D eigenvalue weighted by Gasteiger charge is -2.30. The summed E-state index contributed by atoms with van der Waals surface area (Å²) in [5.41, 5.74) is -0.296. The third-order valence-corrected chi connectivity index (χ3v) is 6.90. The van der Waals surface area contributed by atoms with Gasteiger partial charge in [-0.25, -0.2) is 0 Å². The molecular weight excluding hydrogens is 529 g/mol. The summed E-state index contributed by atoms with van der Waals surface area (Å²) >= 11 is 0. The Balaban J connectivity index is 1.80. The van der Waals surface area contributed by atoms with Crippen LogP contribution in [0.1, 0.15) is 58.4 Å². The highest BCUT2D eigenvalue weighted by Crippen LogP contribution is 2.30. The van der Waals surface area contributed by atoms with Crippen LogP contribution in [0.25, 0.3) is 0 Å². The fourth-order valence-electron chi connectivity index (χ4n) is 4.60. The van der Waals surface area contributed by atoms with Crippen LogP contribution < -0.4 is 21.3 Å². The van der Waals surface area contributed by atoms with Crippen molar-refractivity contribution < 1.29 is 37.1 Å². The lowest BCUT2D eigenvalue weighted by Crippen LogP contribution is -2.56. The molecule has 1 aromatic rings. The Hall–Kier alpha value is -3.44. The van der Waals surface area contributed by atoms with E-state index in [1.165, 1.54) is 12.1 Å². The van der Waals surface area contributed by atoms with E-state index in [4.69, 9.17) is 0 Å². The second-order valence-electron chi connectivity index (χ2n) is 11.8. The molecule has 9 nitrogen and oxygen atoms in total. The molecule has 1 saturated heterocycles. The molecule has 4 amide bonds. The third kappa shape index (κ3) is 9.34. The lowest BCUT2D eigenvalue weighted by atomic mass is 9.87. The predicted molar refractivity (Wildman–Crippen MR) is 140 cm³/mol. The standard InChI is InChI=1S/C28H37F3N4O5/c1-27(2,3)15-21(35-24(38)19(28(29,30)31)13-16-7-5-4-6-8-16)25(39)34-20(14-17-11-12-32-23(17)37)22(36)26(40)33-18-9-10-18/h4-8,17-21H,9-15H2,1-3H3,(H,32,37)(H,33,40)(H,34,39)(H,35,38)/t17?,19?,20?,21-/m0/s1. The molecule has 220 valence electrons. The van der Waals surface area contributed by atoms with Gasteiger partial charge in [-0.15, -0.1) is 0 Å². The predicted octanol–water partition coefficient (Wildman–Crippen LogP) is 2.19. The van der Waals surface area contributed by atoms with Crippen LogP contribution in [0.2, 0.25) is 0 Å². The molecule has 4 atom stereocenters. The van der Waals surface area contributed by atoms with Gasteiger partial charge in [-0.05, 0) is 49.5 Å². The van der Waals surface area contributed by atoms with Gasteiger partial charge in [-0.3, -0.25) is 24.0 Å².